The lowest BCUT2D eigenvalue weighted by atomic mass is 10.0. The van der Waals surface area contributed by atoms with Gasteiger partial charge in [0.05, 0.1) is 39.9 Å². The second-order valence-corrected chi connectivity index (χ2v) is 25.6. The van der Waals surface area contributed by atoms with E-state index in [2.05, 4.69) is 43.5 Å². The van der Waals surface area contributed by atoms with Gasteiger partial charge in [-0.05, 0) is 44.9 Å². The highest BCUT2D eigenvalue weighted by atomic mass is 31.2. The van der Waals surface area contributed by atoms with Crippen LogP contribution in [-0.2, 0) is 18.4 Å². The molecule has 1 amide bonds. The molecular formula is C67H132N2O6P+. The normalized spacial score (nSPS) is 13.9. The summed E-state index contributed by atoms with van der Waals surface area (Å²) >= 11 is 0. The minimum atomic E-state index is -4.36. The molecule has 0 bridgehead atoms. The van der Waals surface area contributed by atoms with E-state index in [-0.39, 0.29) is 19.1 Å². The number of rotatable bonds is 62. The van der Waals surface area contributed by atoms with Crippen LogP contribution >= 0.6 is 7.82 Å². The van der Waals surface area contributed by atoms with Crippen molar-refractivity contribution in [2.45, 2.75) is 347 Å². The van der Waals surface area contributed by atoms with Gasteiger partial charge in [-0.25, -0.2) is 4.57 Å². The standard InChI is InChI=1S/C67H131N2O6P/c1-6-8-10-12-14-16-18-20-22-24-26-27-28-29-30-31-32-33-34-35-36-37-38-39-40-41-43-45-47-49-51-53-55-57-59-61-67(71)68-65(64-75-76(72,73)74-63-62-69(3,4)5)66(70)60-58-56-54-52-50-48-46-44-42-25-23-21-19-17-15-13-11-9-7-2/h42,44,50,52,58,60,65-66,70H,6-41,43,45-49,51,53-57,59,61-64H2,1-5H3,(H-,68,71,72,73)/p+1/b44-42+,52-50+,60-58+. The molecule has 9 heteroatoms. The first-order valence-corrected chi connectivity index (χ1v) is 34.9. The van der Waals surface area contributed by atoms with Crippen molar-refractivity contribution in [2.75, 3.05) is 40.9 Å². The van der Waals surface area contributed by atoms with Crippen LogP contribution < -0.4 is 5.32 Å². The van der Waals surface area contributed by atoms with Gasteiger partial charge in [0.1, 0.15) is 13.2 Å². The number of phosphoric acid groups is 1. The lowest BCUT2D eigenvalue weighted by Crippen LogP contribution is -2.45. The van der Waals surface area contributed by atoms with Crippen molar-refractivity contribution in [3.63, 3.8) is 0 Å². The Kier molecular flexibility index (Phi) is 57.4. The molecule has 0 aliphatic carbocycles. The van der Waals surface area contributed by atoms with Crippen molar-refractivity contribution in [3.8, 4) is 0 Å². The number of carbonyl (C=O) groups excluding carboxylic acids is 1. The maximum atomic E-state index is 13.0. The number of nitrogens with zero attached hydrogens (tertiary/aromatic N) is 1. The smallest absolute Gasteiger partial charge is 0.387 e. The molecule has 3 N–H and O–H groups in total. The van der Waals surface area contributed by atoms with E-state index < -0.39 is 20.0 Å². The molecular weight excluding hydrogens is 960 g/mol. The zero-order valence-electron chi connectivity index (χ0n) is 51.5. The molecule has 76 heavy (non-hydrogen) atoms. The Labute approximate surface area is 474 Å². The molecule has 8 nitrogen and oxygen atoms in total. The summed E-state index contributed by atoms with van der Waals surface area (Å²) in [7, 11) is 1.56. The summed E-state index contributed by atoms with van der Waals surface area (Å²) in [5.41, 5.74) is 0. The Morgan fingerprint density at radius 2 is 0.724 bits per heavy atom. The summed E-state index contributed by atoms with van der Waals surface area (Å²) in [6.07, 6.45) is 77.3. The average molecular weight is 1090 g/mol. The van der Waals surface area contributed by atoms with Gasteiger partial charge in [0.15, 0.2) is 0 Å². The van der Waals surface area contributed by atoms with Crippen LogP contribution in [0.25, 0.3) is 0 Å². The van der Waals surface area contributed by atoms with Gasteiger partial charge in [-0.15, -0.1) is 0 Å². The van der Waals surface area contributed by atoms with Crippen LogP contribution in [0.15, 0.2) is 36.5 Å². The molecule has 0 spiro atoms. The van der Waals surface area contributed by atoms with Crippen LogP contribution in [0, 0.1) is 0 Å². The number of aliphatic hydroxyl groups excluding tert-OH is 1. The first-order valence-electron chi connectivity index (χ1n) is 33.4. The predicted molar refractivity (Wildman–Crippen MR) is 332 cm³/mol. The highest BCUT2D eigenvalue weighted by Gasteiger charge is 2.28. The van der Waals surface area contributed by atoms with E-state index >= 15 is 0 Å². The molecule has 0 saturated heterocycles. The number of amides is 1. The second-order valence-electron chi connectivity index (χ2n) is 24.2. The van der Waals surface area contributed by atoms with Crippen LogP contribution in [0.5, 0.6) is 0 Å². The fourth-order valence-electron chi connectivity index (χ4n) is 10.1. The number of likely N-dealkylation sites (N-methyl/N-ethyl adjacent to an activating group) is 1. The summed E-state index contributed by atoms with van der Waals surface area (Å²) < 4.78 is 23.7. The van der Waals surface area contributed by atoms with E-state index in [0.29, 0.717) is 17.4 Å². The number of phosphoric ester groups is 1. The fraction of sp³-hybridized carbons (Fsp3) is 0.896. The highest BCUT2D eigenvalue weighted by Crippen LogP contribution is 2.43. The van der Waals surface area contributed by atoms with Gasteiger partial charge in [0.2, 0.25) is 5.91 Å². The van der Waals surface area contributed by atoms with Gasteiger partial charge < -0.3 is 19.8 Å². The summed E-state index contributed by atoms with van der Waals surface area (Å²) in [5.74, 6) is -0.184. The number of hydrogen-bond acceptors (Lipinski definition) is 5. The van der Waals surface area contributed by atoms with Crippen LogP contribution in [0.1, 0.15) is 335 Å². The number of carbonyl (C=O) groups is 1. The fourth-order valence-corrected chi connectivity index (χ4v) is 10.9. The molecule has 0 aromatic carbocycles. The van der Waals surface area contributed by atoms with E-state index in [0.717, 1.165) is 44.9 Å². The molecule has 3 unspecified atom stereocenters. The average Bonchev–Trinajstić information content (AvgIpc) is 3.38. The maximum Gasteiger partial charge on any atom is 0.472 e. The SMILES string of the molecule is CCCCCCCCCCC/C=C/CC/C=C/CC/C=C/C(O)C(COP(=O)(O)OCC[N+](C)(C)C)NC(=O)CCCCCCCCCCCCCCCCCCCCCCCCCCCCCCCCCCCCC. The molecule has 0 saturated carbocycles. The molecule has 0 radical (unpaired) electrons. The molecule has 0 heterocycles. The van der Waals surface area contributed by atoms with Crippen molar-refractivity contribution in [1.29, 1.82) is 0 Å². The van der Waals surface area contributed by atoms with Crippen molar-refractivity contribution in [3.05, 3.63) is 36.5 Å². The van der Waals surface area contributed by atoms with Gasteiger partial charge in [0, 0.05) is 6.42 Å². The Morgan fingerprint density at radius 1 is 0.434 bits per heavy atom. The summed E-state index contributed by atoms with van der Waals surface area (Å²) in [6.45, 7) is 4.83. The summed E-state index contributed by atoms with van der Waals surface area (Å²) in [4.78, 5) is 23.3. The van der Waals surface area contributed by atoms with Crippen molar-refractivity contribution < 1.29 is 32.9 Å². The lowest BCUT2D eigenvalue weighted by molar-refractivity contribution is -0.870. The minimum absolute atomic E-state index is 0.0552. The zero-order valence-corrected chi connectivity index (χ0v) is 52.4. The lowest BCUT2D eigenvalue weighted by Gasteiger charge is -2.25. The first-order chi connectivity index (χ1) is 37.0. The molecule has 0 aliphatic heterocycles. The van der Waals surface area contributed by atoms with Gasteiger partial charge in [-0.3, -0.25) is 13.8 Å². The third kappa shape index (κ3) is 60.4. The van der Waals surface area contributed by atoms with Gasteiger partial charge in [-0.1, -0.05) is 320 Å². The largest absolute Gasteiger partial charge is 0.472 e. The quantitative estimate of drug-likeness (QED) is 0.0243. The minimum Gasteiger partial charge on any atom is -0.387 e. The molecule has 0 rings (SSSR count). The Bertz CT molecular complexity index is 1330. The maximum absolute atomic E-state index is 13.0. The molecule has 0 aromatic heterocycles. The molecule has 0 aliphatic rings. The van der Waals surface area contributed by atoms with Gasteiger partial charge >= 0.3 is 7.82 Å². The topological polar surface area (TPSA) is 105 Å². The Balaban J connectivity index is 4.01. The third-order valence-electron chi connectivity index (χ3n) is 15.3. The summed E-state index contributed by atoms with van der Waals surface area (Å²) in [5, 5.41) is 13.9. The summed E-state index contributed by atoms with van der Waals surface area (Å²) in [6, 6.07) is -0.868. The molecule has 3 atom stereocenters. The molecule has 0 fully saturated rings. The van der Waals surface area contributed by atoms with Gasteiger partial charge in [-0.2, -0.15) is 0 Å². The number of aliphatic hydroxyl groups is 1. The first kappa shape index (κ1) is 74.7. The molecule has 0 aromatic rings. The number of allylic oxidation sites excluding steroid dienone is 5. The number of hydrogen-bond donors (Lipinski definition) is 3. The van der Waals surface area contributed by atoms with Crippen molar-refractivity contribution in [1.82, 2.24) is 5.32 Å². The van der Waals surface area contributed by atoms with Crippen LogP contribution in [-0.4, -0.2) is 73.4 Å². The Morgan fingerprint density at radius 3 is 1.05 bits per heavy atom. The van der Waals surface area contributed by atoms with Crippen LogP contribution in [0.3, 0.4) is 0 Å². The number of quaternary nitrogens is 1. The monoisotopic (exact) mass is 1090 g/mol. The van der Waals surface area contributed by atoms with E-state index in [1.807, 2.05) is 27.2 Å². The van der Waals surface area contributed by atoms with E-state index in [4.69, 9.17) is 9.05 Å². The van der Waals surface area contributed by atoms with E-state index in [1.165, 1.54) is 270 Å². The van der Waals surface area contributed by atoms with E-state index in [1.54, 1.807) is 6.08 Å². The van der Waals surface area contributed by atoms with Crippen molar-refractivity contribution in [2.24, 2.45) is 0 Å². The number of nitrogens with one attached hydrogen (secondary N) is 1. The Hall–Kier alpha value is -1.28. The van der Waals surface area contributed by atoms with Gasteiger partial charge in [0.25, 0.3) is 0 Å². The number of unbranched alkanes of at least 4 members (excludes halogenated alkanes) is 45. The van der Waals surface area contributed by atoms with Crippen molar-refractivity contribution >= 4 is 13.7 Å². The van der Waals surface area contributed by atoms with Crippen LogP contribution in [0.2, 0.25) is 0 Å². The van der Waals surface area contributed by atoms with E-state index in [9.17, 15) is 19.4 Å². The third-order valence-corrected chi connectivity index (χ3v) is 16.3. The second kappa shape index (κ2) is 58.4. The molecule has 450 valence electrons. The highest BCUT2D eigenvalue weighted by molar-refractivity contribution is 7.47. The van der Waals surface area contributed by atoms with Crippen LogP contribution in [0.4, 0.5) is 0 Å². The predicted octanol–water partition coefficient (Wildman–Crippen LogP) is 20.9. The zero-order chi connectivity index (χ0) is 55.6.